The highest BCUT2D eigenvalue weighted by Gasteiger charge is 2.31. The van der Waals surface area contributed by atoms with Crippen LogP contribution in [0.4, 0.5) is 10.2 Å². The van der Waals surface area contributed by atoms with E-state index in [1.165, 1.54) is 4.90 Å². The van der Waals surface area contributed by atoms with Crippen LogP contribution in [0.25, 0.3) is 44.8 Å². The summed E-state index contributed by atoms with van der Waals surface area (Å²) in [6.07, 6.45) is 2.73. The number of rotatable bonds is 8. The Labute approximate surface area is 282 Å². The molecule has 2 atom stereocenters. The van der Waals surface area contributed by atoms with Gasteiger partial charge in [0.2, 0.25) is 11.8 Å². The molecule has 6 heterocycles. The van der Waals surface area contributed by atoms with Gasteiger partial charge in [0.05, 0.1) is 43.2 Å². The lowest BCUT2D eigenvalue weighted by Gasteiger charge is -2.33. The quantitative estimate of drug-likeness (QED) is 0.252. The first-order valence-electron chi connectivity index (χ1n) is 16.8. The minimum Gasteiger partial charge on any atom is -0.494 e. The van der Waals surface area contributed by atoms with Crippen LogP contribution in [-0.2, 0) is 18.4 Å². The number of aromatic nitrogens is 5. The Hall–Kier alpha value is -5.04. The average molecular weight is 667 g/mol. The maximum absolute atomic E-state index is 14.3. The third kappa shape index (κ3) is 5.55. The van der Waals surface area contributed by atoms with Crippen molar-refractivity contribution in [2.75, 3.05) is 38.8 Å². The fraction of sp³-hybridized carbons (Fsp3) is 0.417. The number of fused-ring (bicyclic) bond motifs is 2. The van der Waals surface area contributed by atoms with E-state index in [9.17, 15) is 14.0 Å². The van der Waals surface area contributed by atoms with Crippen molar-refractivity contribution in [3.8, 4) is 34.4 Å². The molecule has 0 bridgehead atoms. The molecule has 49 heavy (non-hydrogen) atoms. The summed E-state index contributed by atoms with van der Waals surface area (Å²) in [5, 5.41) is 0.961. The van der Waals surface area contributed by atoms with Crippen molar-refractivity contribution in [3.63, 3.8) is 0 Å². The predicted octanol–water partition coefficient (Wildman–Crippen LogP) is 4.72. The van der Waals surface area contributed by atoms with Gasteiger partial charge >= 0.3 is 0 Å². The maximum atomic E-state index is 14.3. The molecule has 254 valence electrons. The van der Waals surface area contributed by atoms with Gasteiger partial charge in [-0.15, -0.1) is 0 Å². The zero-order valence-electron chi connectivity index (χ0n) is 27.9. The second-order valence-corrected chi connectivity index (χ2v) is 13.4. The number of amides is 2. The number of aryl methyl sites for hydroxylation is 1. The highest BCUT2D eigenvalue weighted by atomic mass is 19.1. The van der Waals surface area contributed by atoms with Gasteiger partial charge in [-0.05, 0) is 74.1 Å². The summed E-state index contributed by atoms with van der Waals surface area (Å²) >= 11 is 0. The smallest absolute Gasteiger partial charge is 0.254 e. The zero-order valence-corrected chi connectivity index (χ0v) is 27.9. The minimum absolute atomic E-state index is 0.0147. The van der Waals surface area contributed by atoms with Crippen LogP contribution in [0.3, 0.4) is 0 Å². The second-order valence-electron chi connectivity index (χ2n) is 13.4. The molecule has 2 saturated heterocycles. The van der Waals surface area contributed by atoms with Crippen LogP contribution < -0.4 is 20.1 Å². The van der Waals surface area contributed by atoms with Crippen molar-refractivity contribution in [2.24, 2.45) is 18.7 Å². The molecular weight excluding hydrogens is 627 g/mol. The van der Waals surface area contributed by atoms with Crippen LogP contribution in [0, 0.1) is 5.92 Å². The van der Waals surface area contributed by atoms with E-state index in [4.69, 9.17) is 25.2 Å². The molecule has 1 saturated carbocycles. The van der Waals surface area contributed by atoms with Crippen molar-refractivity contribution in [3.05, 3.63) is 48.0 Å². The molecule has 8 rings (SSSR count). The molecule has 2 N–H and O–H groups in total. The number of hydrogen-bond acceptors (Lipinski definition) is 8. The fourth-order valence-electron chi connectivity index (χ4n) is 7.27. The van der Waals surface area contributed by atoms with Crippen molar-refractivity contribution >= 4 is 39.7 Å². The second kappa shape index (κ2) is 12.1. The number of nitrogens with zero attached hydrogens (tertiary/aromatic N) is 7. The fourth-order valence-corrected chi connectivity index (χ4v) is 7.27. The Kier molecular flexibility index (Phi) is 7.73. The number of ether oxygens (including phenoxy) is 2. The molecule has 12 nitrogen and oxygen atoms in total. The number of likely N-dealkylation sites (tertiary alicyclic amines) is 1. The Morgan fingerprint density at radius 3 is 2.59 bits per heavy atom. The number of hydrogen-bond donors (Lipinski definition) is 1. The van der Waals surface area contributed by atoms with Crippen LogP contribution in [0.15, 0.2) is 42.5 Å². The van der Waals surface area contributed by atoms with Crippen LogP contribution >= 0.6 is 0 Å². The standard InChI is InChI=1S/C36H39FN8O4/c1-42-32-27(13-22(15-29(32)48-2)36(47)43-18-23(37)16-24(38)19-43)40-34(42)28-14-21-8-10-26(39-33(21)45(28)17-20-6-7-20)25-9-11-30(41-35(25)49-3)44-12-4-5-31(44)46/h8-11,13-15,20,23-24H,4-7,12,16-19,38H2,1-3H3/t23-,24-/m1/s1. The largest absolute Gasteiger partial charge is 0.494 e. The number of halogens is 1. The SMILES string of the molecule is COc1nc(N2CCCC2=O)ccc1-c1ccc2cc(-c3nc4cc(C(=O)N5C[C@H](N)C[C@@H](F)C5)cc(OC)c4n3C)n(CC3CC3)c2n1. The van der Waals surface area contributed by atoms with Gasteiger partial charge in [-0.1, -0.05) is 0 Å². The Morgan fingerprint density at radius 2 is 1.88 bits per heavy atom. The van der Waals surface area contributed by atoms with Crippen LogP contribution in [0.2, 0.25) is 0 Å². The molecule has 0 spiro atoms. The number of carbonyl (C=O) groups is 2. The molecular formula is C36H39FN8O4. The van der Waals surface area contributed by atoms with E-state index in [-0.39, 0.29) is 24.8 Å². The van der Waals surface area contributed by atoms with E-state index in [2.05, 4.69) is 15.6 Å². The van der Waals surface area contributed by atoms with E-state index in [1.807, 2.05) is 35.9 Å². The van der Waals surface area contributed by atoms with Crippen molar-refractivity contribution in [1.29, 1.82) is 0 Å². The number of alkyl halides is 1. The summed E-state index contributed by atoms with van der Waals surface area (Å²) in [4.78, 5) is 44.0. The monoisotopic (exact) mass is 666 g/mol. The van der Waals surface area contributed by atoms with Crippen LogP contribution in [0.1, 0.15) is 42.5 Å². The van der Waals surface area contributed by atoms with Gasteiger partial charge in [0.15, 0.2) is 5.82 Å². The van der Waals surface area contributed by atoms with Gasteiger partial charge < -0.3 is 29.2 Å². The molecule has 13 heteroatoms. The molecule has 1 aliphatic carbocycles. The van der Waals surface area contributed by atoms with Gasteiger partial charge in [0.1, 0.15) is 28.9 Å². The van der Waals surface area contributed by atoms with Gasteiger partial charge in [-0.25, -0.2) is 14.4 Å². The third-order valence-electron chi connectivity index (χ3n) is 9.90. The molecule has 4 aromatic heterocycles. The summed E-state index contributed by atoms with van der Waals surface area (Å²) < 4.78 is 30.0. The summed E-state index contributed by atoms with van der Waals surface area (Å²) in [6.45, 7) is 1.74. The third-order valence-corrected chi connectivity index (χ3v) is 9.90. The van der Waals surface area contributed by atoms with E-state index in [0.717, 1.165) is 53.6 Å². The Morgan fingerprint density at radius 1 is 1.04 bits per heavy atom. The summed E-state index contributed by atoms with van der Waals surface area (Å²) in [5.74, 6) is 2.51. The number of anilines is 1. The summed E-state index contributed by atoms with van der Waals surface area (Å²) in [7, 11) is 5.08. The van der Waals surface area contributed by atoms with Crippen LogP contribution in [-0.4, -0.2) is 86.9 Å². The molecule has 1 aromatic carbocycles. The number of imidazole rings is 1. The van der Waals surface area contributed by atoms with Gasteiger partial charge in [0, 0.05) is 50.1 Å². The number of piperidine rings is 1. The van der Waals surface area contributed by atoms with Gasteiger partial charge in [0.25, 0.3) is 5.91 Å². The Bertz CT molecular complexity index is 2110. The summed E-state index contributed by atoms with van der Waals surface area (Å²) in [5.41, 5.74) is 10.9. The summed E-state index contributed by atoms with van der Waals surface area (Å²) in [6, 6.07) is 12.9. The molecule has 2 aliphatic heterocycles. The van der Waals surface area contributed by atoms with Crippen molar-refractivity contribution in [1.82, 2.24) is 29.0 Å². The highest BCUT2D eigenvalue weighted by molar-refractivity contribution is 6.00. The lowest BCUT2D eigenvalue weighted by Crippen LogP contribution is -2.50. The normalized spacial score (nSPS) is 19.7. The first-order valence-corrected chi connectivity index (χ1v) is 16.8. The number of benzene rings is 1. The zero-order chi connectivity index (χ0) is 34.0. The molecule has 3 fully saturated rings. The minimum atomic E-state index is -1.15. The molecule has 0 unspecified atom stereocenters. The maximum Gasteiger partial charge on any atom is 0.254 e. The first-order chi connectivity index (χ1) is 23.7. The molecule has 3 aliphatic rings. The lowest BCUT2D eigenvalue weighted by atomic mass is 10.0. The molecule has 5 aromatic rings. The van der Waals surface area contributed by atoms with Gasteiger partial charge in [-0.2, -0.15) is 4.98 Å². The lowest BCUT2D eigenvalue weighted by molar-refractivity contribution is -0.117. The van der Waals surface area contributed by atoms with E-state index >= 15 is 0 Å². The van der Waals surface area contributed by atoms with E-state index < -0.39 is 12.2 Å². The number of nitrogens with two attached hydrogens (primary N) is 1. The first kappa shape index (κ1) is 31.2. The predicted molar refractivity (Wildman–Crippen MR) is 183 cm³/mol. The molecule has 2 amide bonds. The van der Waals surface area contributed by atoms with Crippen molar-refractivity contribution in [2.45, 2.75) is 50.9 Å². The number of carbonyl (C=O) groups excluding carboxylic acids is 2. The Balaban J connectivity index is 1.21. The average Bonchev–Trinajstić information content (AvgIpc) is 3.57. The van der Waals surface area contributed by atoms with Crippen molar-refractivity contribution < 1.29 is 23.5 Å². The number of pyridine rings is 2. The van der Waals surface area contributed by atoms with Crippen LogP contribution in [0.5, 0.6) is 11.6 Å². The highest BCUT2D eigenvalue weighted by Crippen LogP contribution is 2.39. The van der Waals surface area contributed by atoms with E-state index in [1.54, 1.807) is 31.3 Å². The van der Waals surface area contributed by atoms with E-state index in [0.29, 0.717) is 65.5 Å². The van der Waals surface area contributed by atoms with Gasteiger partial charge in [-0.3, -0.25) is 14.5 Å². The topological polar surface area (TPSA) is 134 Å². The molecule has 0 radical (unpaired) electrons. The number of methoxy groups -OCH3 is 2.